The summed E-state index contributed by atoms with van der Waals surface area (Å²) in [5, 5.41) is 3.65. The molecular formula is C12H14Cl2N2O2. The molecule has 98 valence electrons. The lowest BCUT2D eigenvalue weighted by atomic mass is 9.90. The lowest BCUT2D eigenvalue weighted by molar-refractivity contribution is -0.124. The van der Waals surface area contributed by atoms with Gasteiger partial charge in [-0.3, -0.25) is 4.79 Å². The van der Waals surface area contributed by atoms with Crippen molar-refractivity contribution in [2.45, 2.75) is 18.4 Å². The fraction of sp³-hybridized carbons (Fsp3) is 0.417. The second-order valence-electron chi connectivity index (χ2n) is 4.35. The van der Waals surface area contributed by atoms with Crippen molar-refractivity contribution in [1.82, 2.24) is 0 Å². The summed E-state index contributed by atoms with van der Waals surface area (Å²) in [4.78, 5) is 12.1. The Morgan fingerprint density at radius 3 is 2.61 bits per heavy atom. The number of carbonyl (C=O) groups is 1. The Balaban J connectivity index is 2.11. The van der Waals surface area contributed by atoms with Crippen LogP contribution in [0.3, 0.4) is 0 Å². The number of hydrogen-bond acceptors (Lipinski definition) is 3. The second kappa shape index (κ2) is 5.45. The Morgan fingerprint density at radius 2 is 2.00 bits per heavy atom. The van der Waals surface area contributed by atoms with Gasteiger partial charge in [-0.05, 0) is 31.0 Å². The molecule has 1 aromatic carbocycles. The van der Waals surface area contributed by atoms with E-state index in [4.69, 9.17) is 33.7 Å². The molecule has 1 aromatic rings. The standard InChI is InChI=1S/C12H14Cl2N2O2/c13-8-1-2-10(9(14)7-8)16-11(17)12(15)3-5-18-6-4-12/h1-2,7H,3-6,15H2,(H,16,17). The lowest BCUT2D eigenvalue weighted by Crippen LogP contribution is -2.54. The smallest absolute Gasteiger partial charge is 0.244 e. The molecule has 0 aromatic heterocycles. The van der Waals surface area contributed by atoms with Crippen LogP contribution in [0.5, 0.6) is 0 Å². The number of rotatable bonds is 2. The van der Waals surface area contributed by atoms with E-state index in [1.165, 1.54) is 0 Å². The molecule has 1 saturated heterocycles. The molecule has 0 unspecified atom stereocenters. The van der Waals surface area contributed by atoms with Gasteiger partial charge in [0.1, 0.15) is 5.54 Å². The van der Waals surface area contributed by atoms with Crippen LogP contribution in [-0.2, 0) is 9.53 Å². The van der Waals surface area contributed by atoms with E-state index in [9.17, 15) is 4.79 Å². The Morgan fingerprint density at radius 1 is 1.33 bits per heavy atom. The average Bonchev–Trinajstić information content (AvgIpc) is 2.33. The molecule has 0 radical (unpaired) electrons. The highest BCUT2D eigenvalue weighted by atomic mass is 35.5. The molecule has 1 amide bonds. The third kappa shape index (κ3) is 2.95. The molecule has 1 heterocycles. The predicted molar refractivity (Wildman–Crippen MR) is 72.1 cm³/mol. The maximum absolute atomic E-state index is 12.1. The molecule has 4 nitrogen and oxygen atoms in total. The van der Waals surface area contributed by atoms with E-state index in [0.717, 1.165) is 0 Å². The van der Waals surface area contributed by atoms with Crippen LogP contribution in [0.4, 0.5) is 5.69 Å². The monoisotopic (exact) mass is 288 g/mol. The Labute approximate surface area is 115 Å². The quantitative estimate of drug-likeness (QED) is 0.879. The molecule has 1 fully saturated rings. The van der Waals surface area contributed by atoms with E-state index in [1.807, 2.05) is 0 Å². The van der Waals surface area contributed by atoms with Gasteiger partial charge in [0.25, 0.3) is 0 Å². The first kappa shape index (κ1) is 13.6. The molecule has 1 aliphatic heterocycles. The van der Waals surface area contributed by atoms with Gasteiger partial charge in [-0.2, -0.15) is 0 Å². The van der Waals surface area contributed by atoms with Crippen molar-refractivity contribution in [2.75, 3.05) is 18.5 Å². The average molecular weight is 289 g/mol. The topological polar surface area (TPSA) is 64.4 Å². The van der Waals surface area contributed by atoms with Crippen molar-refractivity contribution in [3.05, 3.63) is 28.2 Å². The summed E-state index contributed by atoms with van der Waals surface area (Å²) in [7, 11) is 0. The second-order valence-corrected chi connectivity index (χ2v) is 5.19. The van der Waals surface area contributed by atoms with E-state index in [1.54, 1.807) is 18.2 Å². The van der Waals surface area contributed by atoms with Crippen molar-refractivity contribution in [3.63, 3.8) is 0 Å². The van der Waals surface area contributed by atoms with Crippen molar-refractivity contribution in [3.8, 4) is 0 Å². The number of halogens is 2. The Kier molecular flexibility index (Phi) is 4.12. The molecule has 0 aliphatic carbocycles. The largest absolute Gasteiger partial charge is 0.381 e. The van der Waals surface area contributed by atoms with Crippen molar-refractivity contribution >= 4 is 34.8 Å². The third-order valence-corrected chi connectivity index (χ3v) is 3.56. The van der Waals surface area contributed by atoms with Crippen molar-refractivity contribution in [2.24, 2.45) is 5.73 Å². The minimum absolute atomic E-state index is 0.241. The molecule has 0 bridgehead atoms. The maximum Gasteiger partial charge on any atom is 0.244 e. The first-order chi connectivity index (χ1) is 8.51. The Bertz CT molecular complexity index is 459. The lowest BCUT2D eigenvalue weighted by Gasteiger charge is -2.31. The number of nitrogens with two attached hydrogens (primary N) is 1. The number of anilines is 1. The predicted octanol–water partition coefficient (Wildman–Crippen LogP) is 2.44. The van der Waals surface area contributed by atoms with Crippen LogP contribution in [0.2, 0.25) is 10.0 Å². The number of nitrogens with one attached hydrogen (secondary N) is 1. The fourth-order valence-corrected chi connectivity index (χ4v) is 2.26. The highest BCUT2D eigenvalue weighted by molar-refractivity contribution is 6.36. The minimum atomic E-state index is -0.888. The van der Waals surface area contributed by atoms with Gasteiger partial charge in [-0.1, -0.05) is 23.2 Å². The number of hydrogen-bond donors (Lipinski definition) is 2. The van der Waals surface area contributed by atoms with Crippen molar-refractivity contribution < 1.29 is 9.53 Å². The van der Waals surface area contributed by atoms with Crippen LogP contribution in [0.25, 0.3) is 0 Å². The van der Waals surface area contributed by atoms with Gasteiger partial charge in [0.15, 0.2) is 0 Å². The van der Waals surface area contributed by atoms with Gasteiger partial charge in [0, 0.05) is 18.2 Å². The van der Waals surface area contributed by atoms with Crippen LogP contribution in [0.1, 0.15) is 12.8 Å². The van der Waals surface area contributed by atoms with E-state index in [2.05, 4.69) is 5.32 Å². The zero-order chi connectivity index (χ0) is 13.2. The molecule has 6 heteroatoms. The van der Waals surface area contributed by atoms with E-state index in [-0.39, 0.29) is 5.91 Å². The summed E-state index contributed by atoms with van der Waals surface area (Å²) in [6.07, 6.45) is 1.01. The summed E-state index contributed by atoms with van der Waals surface area (Å²) in [6, 6.07) is 4.90. The number of benzene rings is 1. The van der Waals surface area contributed by atoms with Gasteiger partial charge in [-0.25, -0.2) is 0 Å². The molecule has 1 aliphatic rings. The molecule has 0 saturated carbocycles. The summed E-state index contributed by atoms with van der Waals surface area (Å²) in [5.41, 5.74) is 5.70. The molecule has 3 N–H and O–H groups in total. The molecule has 0 spiro atoms. The summed E-state index contributed by atoms with van der Waals surface area (Å²) in [6.45, 7) is 0.997. The van der Waals surface area contributed by atoms with Crippen LogP contribution in [0.15, 0.2) is 18.2 Å². The van der Waals surface area contributed by atoms with Crippen molar-refractivity contribution in [1.29, 1.82) is 0 Å². The molecule has 18 heavy (non-hydrogen) atoms. The molecule has 0 atom stereocenters. The zero-order valence-corrected chi connectivity index (χ0v) is 11.2. The normalized spacial score (nSPS) is 18.4. The van der Waals surface area contributed by atoms with Gasteiger partial charge < -0.3 is 15.8 Å². The van der Waals surface area contributed by atoms with Gasteiger partial charge in [0.2, 0.25) is 5.91 Å². The van der Waals surface area contributed by atoms with Crippen LogP contribution in [-0.4, -0.2) is 24.7 Å². The minimum Gasteiger partial charge on any atom is -0.381 e. The molecule has 2 rings (SSSR count). The summed E-state index contributed by atoms with van der Waals surface area (Å²) < 4.78 is 5.20. The number of ether oxygens (including phenoxy) is 1. The fourth-order valence-electron chi connectivity index (χ4n) is 1.80. The first-order valence-electron chi connectivity index (χ1n) is 5.64. The third-order valence-electron chi connectivity index (χ3n) is 3.02. The van der Waals surface area contributed by atoms with E-state index in [0.29, 0.717) is 41.8 Å². The zero-order valence-electron chi connectivity index (χ0n) is 9.71. The molecular weight excluding hydrogens is 275 g/mol. The van der Waals surface area contributed by atoms with Gasteiger partial charge >= 0.3 is 0 Å². The first-order valence-corrected chi connectivity index (χ1v) is 6.40. The number of amides is 1. The van der Waals surface area contributed by atoms with E-state index < -0.39 is 5.54 Å². The van der Waals surface area contributed by atoms with Crippen LogP contribution < -0.4 is 11.1 Å². The van der Waals surface area contributed by atoms with Gasteiger partial charge in [-0.15, -0.1) is 0 Å². The Hall–Kier alpha value is -0.810. The SMILES string of the molecule is NC1(C(=O)Nc2ccc(Cl)cc2Cl)CCOCC1. The van der Waals surface area contributed by atoms with Gasteiger partial charge in [0.05, 0.1) is 10.7 Å². The maximum atomic E-state index is 12.1. The highest BCUT2D eigenvalue weighted by Crippen LogP contribution is 2.27. The summed E-state index contributed by atoms with van der Waals surface area (Å²) in [5.74, 6) is -0.241. The van der Waals surface area contributed by atoms with Crippen LogP contribution >= 0.6 is 23.2 Å². The van der Waals surface area contributed by atoms with Crippen LogP contribution in [0, 0.1) is 0 Å². The highest BCUT2D eigenvalue weighted by Gasteiger charge is 2.36. The number of carbonyl (C=O) groups excluding carboxylic acids is 1. The van der Waals surface area contributed by atoms with E-state index >= 15 is 0 Å². The summed E-state index contributed by atoms with van der Waals surface area (Å²) >= 11 is 11.8.